The van der Waals surface area contributed by atoms with Crippen molar-refractivity contribution in [1.29, 1.82) is 0 Å². The zero-order valence-corrected chi connectivity index (χ0v) is 13.5. The van der Waals surface area contributed by atoms with Gasteiger partial charge in [-0.25, -0.2) is 9.18 Å². The standard InChI is InChI=1S/C17H17FN2O2S/c1-3-15(23-4-2)14-11-20(17(22)19-16(14)21)10-9-12-5-7-13(18)8-6-12/h3-8,11H,2,9-10H2,1H3,(H,19,21,22)/b15-3-. The maximum Gasteiger partial charge on any atom is 0.328 e. The minimum Gasteiger partial charge on any atom is -0.300 e. The normalized spacial score (nSPS) is 11.5. The number of thioether (sulfide) groups is 1. The van der Waals surface area contributed by atoms with Crippen LogP contribution in [0, 0.1) is 5.82 Å². The molecule has 120 valence electrons. The second-order valence-electron chi connectivity index (χ2n) is 4.81. The van der Waals surface area contributed by atoms with Crippen molar-refractivity contribution in [2.75, 3.05) is 0 Å². The topological polar surface area (TPSA) is 54.9 Å². The number of nitrogens with zero attached hydrogens (tertiary/aromatic N) is 1. The lowest BCUT2D eigenvalue weighted by Gasteiger charge is -2.09. The maximum atomic E-state index is 12.9. The first-order valence-electron chi connectivity index (χ1n) is 7.07. The first-order valence-corrected chi connectivity index (χ1v) is 7.95. The molecule has 0 aliphatic carbocycles. The molecule has 0 spiro atoms. The van der Waals surface area contributed by atoms with Crippen molar-refractivity contribution in [3.8, 4) is 0 Å². The molecule has 0 saturated heterocycles. The number of aryl methyl sites for hydroxylation is 2. The molecule has 0 unspecified atom stereocenters. The van der Waals surface area contributed by atoms with E-state index < -0.39 is 11.2 Å². The van der Waals surface area contributed by atoms with Crippen molar-refractivity contribution in [3.63, 3.8) is 0 Å². The fraction of sp³-hybridized carbons (Fsp3) is 0.176. The molecule has 1 N–H and O–H groups in total. The van der Waals surface area contributed by atoms with Crippen LogP contribution in [-0.2, 0) is 13.0 Å². The summed E-state index contributed by atoms with van der Waals surface area (Å²) < 4.78 is 14.4. The Morgan fingerprint density at radius 3 is 2.65 bits per heavy atom. The number of benzene rings is 1. The van der Waals surface area contributed by atoms with Crippen molar-refractivity contribution >= 4 is 16.7 Å². The van der Waals surface area contributed by atoms with Gasteiger partial charge in [-0.3, -0.25) is 14.3 Å². The molecule has 0 atom stereocenters. The Balaban J connectivity index is 2.28. The summed E-state index contributed by atoms with van der Waals surface area (Å²) in [6, 6.07) is 6.12. The number of aromatic amines is 1. The van der Waals surface area contributed by atoms with Gasteiger partial charge in [-0.05, 0) is 36.4 Å². The SMILES string of the molecule is C=CS/C(=C\C)c1cn(CCc2ccc(F)cc2)c(=O)[nH]c1=O. The number of H-pyrrole nitrogens is 1. The second-order valence-corrected chi connectivity index (χ2v) is 5.82. The van der Waals surface area contributed by atoms with Gasteiger partial charge in [0.25, 0.3) is 5.56 Å². The van der Waals surface area contributed by atoms with Gasteiger partial charge in [-0.1, -0.05) is 36.5 Å². The van der Waals surface area contributed by atoms with Crippen LogP contribution in [0.3, 0.4) is 0 Å². The lowest BCUT2D eigenvalue weighted by atomic mass is 10.1. The predicted octanol–water partition coefficient (Wildman–Crippen LogP) is 3.16. The van der Waals surface area contributed by atoms with Crippen LogP contribution in [0.2, 0.25) is 0 Å². The maximum absolute atomic E-state index is 12.9. The molecular formula is C17H17FN2O2S. The van der Waals surface area contributed by atoms with E-state index >= 15 is 0 Å². The summed E-state index contributed by atoms with van der Waals surface area (Å²) in [4.78, 5) is 27.0. The van der Waals surface area contributed by atoms with Crippen LogP contribution in [0.25, 0.3) is 4.91 Å². The molecule has 0 aliphatic heterocycles. The molecule has 4 nitrogen and oxygen atoms in total. The number of allylic oxidation sites excluding steroid dienone is 1. The van der Waals surface area contributed by atoms with E-state index in [0.717, 1.165) is 10.5 Å². The summed E-state index contributed by atoms with van der Waals surface area (Å²) in [5.41, 5.74) is 0.462. The Bertz CT molecular complexity index is 835. The Morgan fingerprint density at radius 2 is 2.04 bits per heavy atom. The van der Waals surface area contributed by atoms with Crippen LogP contribution in [0.5, 0.6) is 0 Å². The van der Waals surface area contributed by atoms with E-state index in [2.05, 4.69) is 11.6 Å². The van der Waals surface area contributed by atoms with Crippen LogP contribution in [-0.4, -0.2) is 9.55 Å². The Kier molecular flexibility index (Phi) is 5.76. The number of aromatic nitrogens is 2. The highest BCUT2D eigenvalue weighted by atomic mass is 32.2. The third-order valence-corrected chi connectivity index (χ3v) is 4.18. The zero-order chi connectivity index (χ0) is 16.8. The van der Waals surface area contributed by atoms with E-state index in [-0.39, 0.29) is 5.82 Å². The highest BCUT2D eigenvalue weighted by Crippen LogP contribution is 2.24. The van der Waals surface area contributed by atoms with Gasteiger partial charge in [0.1, 0.15) is 5.82 Å². The highest BCUT2D eigenvalue weighted by molar-refractivity contribution is 8.10. The molecule has 1 aromatic heterocycles. The van der Waals surface area contributed by atoms with Crippen LogP contribution < -0.4 is 11.2 Å². The molecule has 2 aromatic rings. The summed E-state index contributed by atoms with van der Waals surface area (Å²) in [7, 11) is 0. The molecule has 0 fully saturated rings. The van der Waals surface area contributed by atoms with Crippen LogP contribution in [0.15, 0.2) is 58.1 Å². The quantitative estimate of drug-likeness (QED) is 0.884. The van der Waals surface area contributed by atoms with Crippen molar-refractivity contribution in [2.24, 2.45) is 0 Å². The van der Waals surface area contributed by atoms with Gasteiger partial charge < -0.3 is 0 Å². The number of rotatable bonds is 6. The number of halogens is 1. The summed E-state index contributed by atoms with van der Waals surface area (Å²) in [6.45, 7) is 5.85. The molecule has 6 heteroatoms. The molecular weight excluding hydrogens is 315 g/mol. The average molecular weight is 332 g/mol. The summed E-state index contributed by atoms with van der Waals surface area (Å²) in [5, 5.41) is 1.63. The first-order chi connectivity index (χ1) is 11.0. The van der Waals surface area contributed by atoms with E-state index in [1.165, 1.54) is 28.5 Å². The minimum atomic E-state index is -0.458. The first kappa shape index (κ1) is 17.0. The Morgan fingerprint density at radius 1 is 1.35 bits per heavy atom. The van der Waals surface area contributed by atoms with Crippen molar-refractivity contribution in [3.05, 3.63) is 86.3 Å². The molecule has 0 aliphatic rings. The van der Waals surface area contributed by atoms with Gasteiger partial charge in [0.15, 0.2) is 0 Å². The third kappa shape index (κ3) is 4.32. The summed E-state index contributed by atoms with van der Waals surface area (Å²) >= 11 is 1.32. The minimum absolute atomic E-state index is 0.295. The van der Waals surface area contributed by atoms with E-state index in [4.69, 9.17) is 0 Å². The monoisotopic (exact) mass is 332 g/mol. The Hall–Kier alpha value is -2.34. The van der Waals surface area contributed by atoms with E-state index in [9.17, 15) is 14.0 Å². The lowest BCUT2D eigenvalue weighted by Crippen LogP contribution is -2.31. The van der Waals surface area contributed by atoms with Gasteiger partial charge in [0.05, 0.1) is 5.56 Å². The lowest BCUT2D eigenvalue weighted by molar-refractivity contribution is 0.622. The molecule has 0 radical (unpaired) electrons. The van der Waals surface area contributed by atoms with Gasteiger partial charge in [0.2, 0.25) is 0 Å². The van der Waals surface area contributed by atoms with Crippen molar-refractivity contribution in [1.82, 2.24) is 9.55 Å². The van der Waals surface area contributed by atoms with E-state index in [1.807, 2.05) is 6.92 Å². The van der Waals surface area contributed by atoms with Crippen molar-refractivity contribution < 1.29 is 4.39 Å². The molecule has 0 amide bonds. The average Bonchev–Trinajstić information content (AvgIpc) is 2.54. The number of hydrogen-bond donors (Lipinski definition) is 1. The zero-order valence-electron chi connectivity index (χ0n) is 12.7. The number of nitrogens with one attached hydrogen (secondary N) is 1. The van der Waals surface area contributed by atoms with Gasteiger partial charge in [-0.15, -0.1) is 0 Å². The number of hydrogen-bond acceptors (Lipinski definition) is 3. The van der Waals surface area contributed by atoms with E-state index in [0.29, 0.717) is 18.5 Å². The molecule has 0 bridgehead atoms. The van der Waals surface area contributed by atoms with E-state index in [1.54, 1.807) is 29.8 Å². The molecule has 0 saturated carbocycles. The third-order valence-electron chi connectivity index (χ3n) is 3.30. The van der Waals surface area contributed by atoms with Gasteiger partial charge in [0, 0.05) is 17.6 Å². The van der Waals surface area contributed by atoms with Crippen molar-refractivity contribution in [2.45, 2.75) is 19.9 Å². The predicted molar refractivity (Wildman–Crippen MR) is 92.9 cm³/mol. The molecule has 23 heavy (non-hydrogen) atoms. The molecule has 1 heterocycles. The van der Waals surface area contributed by atoms with Gasteiger partial charge in [-0.2, -0.15) is 0 Å². The van der Waals surface area contributed by atoms with Crippen LogP contribution >= 0.6 is 11.8 Å². The molecule has 2 rings (SSSR count). The fourth-order valence-electron chi connectivity index (χ4n) is 2.13. The highest BCUT2D eigenvalue weighted by Gasteiger charge is 2.09. The van der Waals surface area contributed by atoms with Crippen LogP contribution in [0.1, 0.15) is 18.1 Å². The smallest absolute Gasteiger partial charge is 0.300 e. The Labute approximate surface area is 137 Å². The second kappa shape index (κ2) is 7.78. The largest absolute Gasteiger partial charge is 0.328 e. The van der Waals surface area contributed by atoms with Crippen LogP contribution in [0.4, 0.5) is 4.39 Å². The summed E-state index contributed by atoms with van der Waals surface area (Å²) in [5.74, 6) is -0.295. The summed E-state index contributed by atoms with van der Waals surface area (Å²) in [6.07, 6.45) is 3.91. The fourth-order valence-corrected chi connectivity index (χ4v) is 2.72. The van der Waals surface area contributed by atoms with Gasteiger partial charge >= 0.3 is 5.69 Å². The molecule has 1 aromatic carbocycles.